The molecule has 22 heavy (non-hydrogen) atoms. The molecular weight excluding hydrogens is 302 g/mol. The Kier molecular flexibility index (Phi) is 4.21. The number of carbonyl (C=O) groups is 2. The van der Waals surface area contributed by atoms with E-state index >= 15 is 0 Å². The molecule has 0 bridgehead atoms. The van der Waals surface area contributed by atoms with Crippen molar-refractivity contribution in [3.05, 3.63) is 34.5 Å². The first-order valence-corrected chi connectivity index (χ1v) is 8.00. The van der Waals surface area contributed by atoms with Crippen LogP contribution in [0, 0.1) is 5.92 Å². The highest BCUT2D eigenvalue weighted by Gasteiger charge is 2.27. The predicted octanol–water partition coefficient (Wildman–Crippen LogP) is 4.21. The first kappa shape index (κ1) is 15.1. The zero-order valence-corrected chi connectivity index (χ0v) is 12.9. The average Bonchev–Trinajstić information content (AvgIpc) is 2.84. The summed E-state index contributed by atoms with van der Waals surface area (Å²) in [7, 11) is 0. The van der Waals surface area contributed by atoms with Crippen LogP contribution in [0.1, 0.15) is 48.2 Å². The Morgan fingerprint density at radius 2 is 1.95 bits per heavy atom. The van der Waals surface area contributed by atoms with E-state index in [-0.39, 0.29) is 18.1 Å². The number of ketones is 1. The molecule has 0 saturated heterocycles. The molecule has 0 amide bonds. The molecule has 1 aromatic carbocycles. The first-order chi connectivity index (χ1) is 10.6. The maximum absolute atomic E-state index is 12.8. The summed E-state index contributed by atoms with van der Waals surface area (Å²) in [4.78, 5) is 27.1. The van der Waals surface area contributed by atoms with Crippen molar-refractivity contribution in [2.75, 3.05) is 0 Å². The zero-order valence-electron chi connectivity index (χ0n) is 12.2. The van der Waals surface area contributed by atoms with Gasteiger partial charge in [-0.1, -0.05) is 36.9 Å². The molecule has 2 N–H and O–H groups in total. The number of benzene rings is 1. The number of H-pyrrole nitrogens is 1. The fourth-order valence-corrected chi connectivity index (χ4v) is 3.51. The Balaban J connectivity index is 2.06. The lowest BCUT2D eigenvalue weighted by Crippen LogP contribution is -2.20. The molecule has 1 aliphatic rings. The van der Waals surface area contributed by atoms with E-state index in [0.29, 0.717) is 16.3 Å². The molecule has 1 aromatic heterocycles. The summed E-state index contributed by atoms with van der Waals surface area (Å²) in [5, 5.41) is 10.5. The summed E-state index contributed by atoms with van der Waals surface area (Å²) in [6.45, 7) is 0. The van der Waals surface area contributed by atoms with Crippen LogP contribution in [0.3, 0.4) is 0 Å². The summed E-state index contributed by atoms with van der Waals surface area (Å²) >= 11 is 5.99. The van der Waals surface area contributed by atoms with E-state index in [1.165, 1.54) is 6.42 Å². The minimum absolute atomic E-state index is 0.00447. The lowest BCUT2D eigenvalue weighted by molar-refractivity contribution is -0.136. The number of aromatic nitrogens is 1. The van der Waals surface area contributed by atoms with Gasteiger partial charge in [0.25, 0.3) is 0 Å². The van der Waals surface area contributed by atoms with Gasteiger partial charge in [0.1, 0.15) is 0 Å². The number of Topliss-reactive ketones (excluding diaryl/α,β-unsaturated/α-hetero) is 1. The third-order valence-electron chi connectivity index (χ3n) is 4.42. The molecule has 0 unspecified atom stereocenters. The molecule has 116 valence electrons. The van der Waals surface area contributed by atoms with E-state index in [2.05, 4.69) is 4.98 Å². The number of hydrogen-bond donors (Lipinski definition) is 2. The van der Waals surface area contributed by atoms with Crippen LogP contribution < -0.4 is 0 Å². The second kappa shape index (κ2) is 6.13. The number of carbonyl (C=O) groups excluding carboxylic acids is 1. The number of aromatic amines is 1. The minimum Gasteiger partial charge on any atom is -0.481 e. The summed E-state index contributed by atoms with van der Waals surface area (Å²) < 4.78 is 0. The summed E-state index contributed by atoms with van der Waals surface area (Å²) in [5.41, 5.74) is 1.75. The van der Waals surface area contributed by atoms with E-state index in [1.54, 1.807) is 18.2 Å². The largest absolute Gasteiger partial charge is 0.481 e. The van der Waals surface area contributed by atoms with Crippen molar-refractivity contribution >= 4 is 34.3 Å². The van der Waals surface area contributed by atoms with Gasteiger partial charge >= 0.3 is 5.97 Å². The smallest absolute Gasteiger partial charge is 0.307 e. The molecule has 0 aliphatic heterocycles. The Labute approximate surface area is 133 Å². The van der Waals surface area contributed by atoms with Gasteiger partial charge < -0.3 is 10.1 Å². The second-order valence-electron chi connectivity index (χ2n) is 5.94. The molecule has 1 heterocycles. The van der Waals surface area contributed by atoms with Gasteiger partial charge in [0.05, 0.1) is 12.1 Å². The molecule has 0 spiro atoms. The Bertz CT molecular complexity index is 729. The van der Waals surface area contributed by atoms with Crippen molar-refractivity contribution in [2.45, 2.75) is 38.5 Å². The Hall–Kier alpha value is -1.81. The van der Waals surface area contributed by atoms with Crippen LogP contribution >= 0.6 is 11.6 Å². The Morgan fingerprint density at radius 3 is 2.64 bits per heavy atom. The number of nitrogens with one attached hydrogen (secondary N) is 1. The number of halogens is 1. The van der Waals surface area contributed by atoms with Gasteiger partial charge in [-0.05, 0) is 30.5 Å². The molecule has 1 aliphatic carbocycles. The van der Waals surface area contributed by atoms with Gasteiger partial charge in [-0.2, -0.15) is 0 Å². The van der Waals surface area contributed by atoms with Crippen molar-refractivity contribution in [1.82, 2.24) is 4.98 Å². The molecule has 3 rings (SSSR count). The van der Waals surface area contributed by atoms with E-state index in [1.807, 2.05) is 0 Å². The summed E-state index contributed by atoms with van der Waals surface area (Å²) in [5.74, 6) is -0.887. The topological polar surface area (TPSA) is 70.2 Å². The SMILES string of the molecule is O=C(O)Cc1c(C(=O)C2CCCCC2)[nH]c2cc(Cl)ccc12. The van der Waals surface area contributed by atoms with Crippen molar-refractivity contribution < 1.29 is 14.7 Å². The highest BCUT2D eigenvalue weighted by Crippen LogP contribution is 2.31. The highest BCUT2D eigenvalue weighted by atomic mass is 35.5. The molecule has 0 atom stereocenters. The van der Waals surface area contributed by atoms with Crippen LogP contribution in [-0.4, -0.2) is 21.8 Å². The van der Waals surface area contributed by atoms with Gasteiger partial charge in [-0.25, -0.2) is 0 Å². The van der Waals surface area contributed by atoms with Crippen LogP contribution in [0.4, 0.5) is 0 Å². The Morgan fingerprint density at radius 1 is 1.23 bits per heavy atom. The van der Waals surface area contributed by atoms with Gasteiger partial charge in [0, 0.05) is 21.8 Å². The van der Waals surface area contributed by atoms with E-state index in [9.17, 15) is 9.59 Å². The molecule has 2 aromatic rings. The lowest BCUT2D eigenvalue weighted by Gasteiger charge is -2.20. The number of rotatable bonds is 4. The molecule has 0 radical (unpaired) electrons. The number of carboxylic acid groups (broad SMARTS) is 1. The van der Waals surface area contributed by atoms with Crippen LogP contribution in [0.2, 0.25) is 5.02 Å². The van der Waals surface area contributed by atoms with Gasteiger partial charge in [0.2, 0.25) is 0 Å². The lowest BCUT2D eigenvalue weighted by atomic mass is 9.84. The molecular formula is C17H18ClNO3. The summed E-state index contributed by atoms with van der Waals surface area (Å²) in [6, 6.07) is 5.24. The van der Waals surface area contributed by atoms with Crippen LogP contribution in [0.5, 0.6) is 0 Å². The van der Waals surface area contributed by atoms with Gasteiger partial charge in [-0.15, -0.1) is 0 Å². The maximum Gasteiger partial charge on any atom is 0.307 e. The third-order valence-corrected chi connectivity index (χ3v) is 4.65. The monoisotopic (exact) mass is 319 g/mol. The fourth-order valence-electron chi connectivity index (χ4n) is 3.34. The fraction of sp³-hybridized carbons (Fsp3) is 0.412. The molecule has 1 fully saturated rings. The van der Waals surface area contributed by atoms with E-state index in [4.69, 9.17) is 16.7 Å². The minimum atomic E-state index is -0.937. The maximum atomic E-state index is 12.8. The number of aliphatic carboxylic acids is 1. The molecule has 5 heteroatoms. The number of hydrogen-bond acceptors (Lipinski definition) is 2. The highest BCUT2D eigenvalue weighted by molar-refractivity contribution is 6.31. The standard InChI is InChI=1S/C17H18ClNO3/c18-11-6-7-12-13(9-15(20)21)16(19-14(12)8-11)17(22)10-4-2-1-3-5-10/h6-8,10,19H,1-5,9H2,(H,20,21). The van der Waals surface area contributed by atoms with E-state index in [0.717, 1.165) is 36.6 Å². The zero-order chi connectivity index (χ0) is 15.7. The van der Waals surface area contributed by atoms with E-state index < -0.39 is 5.97 Å². The predicted molar refractivity (Wildman–Crippen MR) is 85.6 cm³/mol. The number of fused-ring (bicyclic) bond motifs is 1. The van der Waals surface area contributed by atoms with Crippen molar-refractivity contribution in [2.24, 2.45) is 5.92 Å². The van der Waals surface area contributed by atoms with Crippen LogP contribution in [0.25, 0.3) is 10.9 Å². The second-order valence-corrected chi connectivity index (χ2v) is 6.37. The normalized spacial score (nSPS) is 16.0. The first-order valence-electron chi connectivity index (χ1n) is 7.62. The quantitative estimate of drug-likeness (QED) is 0.829. The van der Waals surface area contributed by atoms with Gasteiger partial charge in [-0.3, -0.25) is 9.59 Å². The molecule has 4 nitrogen and oxygen atoms in total. The van der Waals surface area contributed by atoms with Crippen molar-refractivity contribution in [3.8, 4) is 0 Å². The van der Waals surface area contributed by atoms with Crippen LogP contribution in [0.15, 0.2) is 18.2 Å². The summed E-state index contributed by atoms with van der Waals surface area (Å²) in [6.07, 6.45) is 4.93. The van der Waals surface area contributed by atoms with Crippen LogP contribution in [-0.2, 0) is 11.2 Å². The van der Waals surface area contributed by atoms with Gasteiger partial charge in [0.15, 0.2) is 5.78 Å². The van der Waals surface area contributed by atoms with Crippen molar-refractivity contribution in [3.63, 3.8) is 0 Å². The van der Waals surface area contributed by atoms with Crippen molar-refractivity contribution in [1.29, 1.82) is 0 Å². The third kappa shape index (κ3) is 2.88. The number of carboxylic acids is 1. The molecule has 1 saturated carbocycles. The average molecular weight is 320 g/mol.